The minimum Gasteiger partial charge on any atom is -0.508 e. The number of hydrogen-bond acceptors (Lipinski definition) is 6. The van der Waals surface area contributed by atoms with Gasteiger partial charge in [-0.15, -0.1) is 0 Å². The number of benzene rings is 2. The van der Waals surface area contributed by atoms with Crippen LogP contribution in [0.3, 0.4) is 0 Å². The summed E-state index contributed by atoms with van der Waals surface area (Å²) in [5, 5.41) is 20.3. The van der Waals surface area contributed by atoms with Crippen LogP contribution < -0.4 is 4.90 Å². The molecule has 28 heavy (non-hydrogen) atoms. The van der Waals surface area contributed by atoms with Gasteiger partial charge in [0.05, 0.1) is 5.69 Å². The van der Waals surface area contributed by atoms with E-state index in [0.717, 1.165) is 15.4 Å². The average molecular weight is 380 g/mol. The van der Waals surface area contributed by atoms with Crippen LogP contribution in [-0.4, -0.2) is 45.8 Å². The Balaban J connectivity index is 1.59. The van der Waals surface area contributed by atoms with Crippen LogP contribution in [0.4, 0.5) is 5.69 Å². The van der Waals surface area contributed by atoms with Crippen LogP contribution in [0.15, 0.2) is 36.4 Å². The third-order valence-electron chi connectivity index (χ3n) is 5.25. The molecule has 2 saturated heterocycles. The summed E-state index contributed by atoms with van der Waals surface area (Å²) in [6, 6.07) is 9.38. The third-order valence-corrected chi connectivity index (χ3v) is 5.25. The van der Waals surface area contributed by atoms with Crippen LogP contribution in [0.2, 0.25) is 0 Å². The molecule has 0 bridgehead atoms. The maximum atomic E-state index is 12.4. The molecule has 4 amide bonds. The zero-order chi connectivity index (χ0) is 20.4. The van der Waals surface area contributed by atoms with Crippen molar-refractivity contribution in [2.24, 2.45) is 5.41 Å². The van der Waals surface area contributed by atoms with Gasteiger partial charge in [-0.3, -0.25) is 24.1 Å². The Labute approximate surface area is 159 Å². The topological polar surface area (TPSA) is 115 Å². The van der Waals surface area contributed by atoms with E-state index in [0.29, 0.717) is 11.1 Å². The first kappa shape index (κ1) is 17.7. The molecule has 1 spiro atoms. The number of rotatable bonds is 3. The fourth-order valence-electron chi connectivity index (χ4n) is 3.57. The summed E-state index contributed by atoms with van der Waals surface area (Å²) < 4.78 is 0. The SMILES string of the molecule is Cc1ccc(Cc2ccc(N3C(=O)C4(C(=O)N(C)C4=O)C3=O)cc2O)c(O)c1. The number of imide groups is 2. The molecular formula is C20H16N2O6. The third kappa shape index (κ3) is 2.05. The number of β-lactam (4-membered cyclic amide) rings is 4. The van der Waals surface area contributed by atoms with E-state index in [2.05, 4.69) is 0 Å². The largest absolute Gasteiger partial charge is 0.508 e. The summed E-state index contributed by atoms with van der Waals surface area (Å²) in [7, 11) is 1.21. The van der Waals surface area contributed by atoms with E-state index in [9.17, 15) is 29.4 Å². The second kappa shape index (κ2) is 5.66. The zero-order valence-electron chi connectivity index (χ0n) is 15.1. The molecule has 0 atom stereocenters. The van der Waals surface area contributed by atoms with Gasteiger partial charge in [0.15, 0.2) is 0 Å². The predicted octanol–water partition coefficient (Wildman–Crippen LogP) is 0.855. The standard InChI is InChI=1S/C20H16N2O6/c1-10-3-4-11(14(23)7-10)8-12-5-6-13(9-15(12)24)22-18(27)20(19(22)28)16(25)21(2)17(20)26/h3-7,9,23-24H,8H2,1-2H3. The Hall–Kier alpha value is -3.68. The lowest BCUT2D eigenvalue weighted by molar-refractivity contribution is -0.184. The fourth-order valence-corrected chi connectivity index (χ4v) is 3.57. The van der Waals surface area contributed by atoms with Gasteiger partial charge in [-0.25, -0.2) is 4.90 Å². The minimum atomic E-state index is -2.24. The van der Waals surface area contributed by atoms with Crippen LogP contribution in [0.5, 0.6) is 11.5 Å². The number of amides is 4. The fraction of sp³-hybridized carbons (Fsp3) is 0.200. The summed E-state index contributed by atoms with van der Waals surface area (Å²) in [4.78, 5) is 50.1. The Kier molecular flexibility index (Phi) is 3.58. The van der Waals surface area contributed by atoms with E-state index < -0.39 is 29.0 Å². The second-order valence-electron chi connectivity index (χ2n) is 6.99. The summed E-state index contributed by atoms with van der Waals surface area (Å²) in [5.74, 6) is -3.56. The van der Waals surface area contributed by atoms with E-state index in [1.165, 1.54) is 25.2 Å². The van der Waals surface area contributed by atoms with E-state index in [-0.39, 0.29) is 23.6 Å². The number of carbonyl (C=O) groups is 4. The van der Waals surface area contributed by atoms with Gasteiger partial charge >= 0.3 is 0 Å². The molecule has 2 heterocycles. The summed E-state index contributed by atoms with van der Waals surface area (Å²) in [6.45, 7) is 1.85. The molecule has 2 N–H and O–H groups in total. The molecule has 2 aromatic rings. The predicted molar refractivity (Wildman–Crippen MR) is 96.5 cm³/mol. The minimum absolute atomic E-state index is 0.0742. The number of phenols is 2. The Morgan fingerprint density at radius 3 is 1.89 bits per heavy atom. The van der Waals surface area contributed by atoms with Crippen molar-refractivity contribution >= 4 is 29.3 Å². The van der Waals surface area contributed by atoms with E-state index in [1.54, 1.807) is 12.1 Å². The van der Waals surface area contributed by atoms with Gasteiger partial charge in [-0.2, -0.15) is 0 Å². The first-order valence-corrected chi connectivity index (χ1v) is 8.51. The van der Waals surface area contributed by atoms with E-state index in [4.69, 9.17) is 0 Å². The van der Waals surface area contributed by atoms with Gasteiger partial charge in [0, 0.05) is 19.5 Å². The molecule has 4 rings (SSSR count). The first-order chi connectivity index (χ1) is 13.2. The first-order valence-electron chi connectivity index (χ1n) is 8.51. The molecule has 0 radical (unpaired) electrons. The average Bonchev–Trinajstić information content (AvgIpc) is 2.66. The molecule has 0 saturated carbocycles. The van der Waals surface area contributed by atoms with Crippen LogP contribution in [0.1, 0.15) is 16.7 Å². The smallest absolute Gasteiger partial charge is 0.285 e. The Morgan fingerprint density at radius 1 is 0.821 bits per heavy atom. The molecule has 8 nitrogen and oxygen atoms in total. The molecule has 2 aliphatic rings. The van der Waals surface area contributed by atoms with Crippen LogP contribution in [0, 0.1) is 12.3 Å². The van der Waals surface area contributed by atoms with Gasteiger partial charge in [0.1, 0.15) is 11.5 Å². The number of likely N-dealkylation sites (tertiary alicyclic amines) is 1. The number of carbonyl (C=O) groups excluding carboxylic acids is 4. The van der Waals surface area contributed by atoms with Crippen molar-refractivity contribution in [1.82, 2.24) is 4.90 Å². The monoisotopic (exact) mass is 380 g/mol. The lowest BCUT2D eigenvalue weighted by Crippen LogP contribution is -2.83. The molecule has 2 aromatic carbocycles. The molecule has 2 fully saturated rings. The molecule has 0 aliphatic carbocycles. The Bertz CT molecular complexity index is 1060. The number of aryl methyl sites for hydroxylation is 1. The number of nitrogens with zero attached hydrogens (tertiary/aromatic N) is 2. The van der Waals surface area contributed by atoms with E-state index >= 15 is 0 Å². The Morgan fingerprint density at radius 2 is 1.36 bits per heavy atom. The van der Waals surface area contributed by atoms with Crippen molar-refractivity contribution in [3.8, 4) is 11.5 Å². The molecule has 8 heteroatoms. The van der Waals surface area contributed by atoms with Crippen molar-refractivity contribution in [3.05, 3.63) is 53.1 Å². The zero-order valence-corrected chi connectivity index (χ0v) is 15.1. The second-order valence-corrected chi connectivity index (χ2v) is 6.99. The van der Waals surface area contributed by atoms with Crippen molar-refractivity contribution in [3.63, 3.8) is 0 Å². The van der Waals surface area contributed by atoms with Crippen LogP contribution in [0.25, 0.3) is 0 Å². The van der Waals surface area contributed by atoms with E-state index in [1.807, 2.05) is 13.0 Å². The lowest BCUT2D eigenvalue weighted by atomic mass is 9.69. The number of aromatic hydroxyl groups is 2. The maximum absolute atomic E-state index is 12.4. The summed E-state index contributed by atoms with van der Waals surface area (Å²) in [5.41, 5.74) is -0.178. The highest BCUT2D eigenvalue weighted by Gasteiger charge is 2.79. The summed E-state index contributed by atoms with van der Waals surface area (Å²) >= 11 is 0. The number of hydrogen-bond donors (Lipinski definition) is 2. The van der Waals surface area contributed by atoms with Crippen molar-refractivity contribution < 1.29 is 29.4 Å². The number of phenolic OH excluding ortho intramolecular Hbond substituents is 2. The number of anilines is 1. The van der Waals surface area contributed by atoms with Gasteiger partial charge < -0.3 is 10.2 Å². The highest BCUT2D eigenvalue weighted by atomic mass is 16.3. The molecule has 0 unspecified atom stereocenters. The van der Waals surface area contributed by atoms with Gasteiger partial charge in [0.25, 0.3) is 29.0 Å². The summed E-state index contributed by atoms with van der Waals surface area (Å²) in [6.07, 6.45) is 0.242. The molecule has 142 valence electrons. The highest BCUT2D eigenvalue weighted by molar-refractivity contribution is 6.59. The van der Waals surface area contributed by atoms with Gasteiger partial charge in [-0.1, -0.05) is 18.2 Å². The van der Waals surface area contributed by atoms with Crippen LogP contribution in [-0.2, 0) is 25.6 Å². The van der Waals surface area contributed by atoms with Crippen molar-refractivity contribution in [1.29, 1.82) is 0 Å². The maximum Gasteiger partial charge on any atom is 0.285 e. The van der Waals surface area contributed by atoms with Crippen molar-refractivity contribution in [2.75, 3.05) is 11.9 Å². The van der Waals surface area contributed by atoms with Crippen molar-refractivity contribution in [2.45, 2.75) is 13.3 Å². The normalized spacial score (nSPS) is 17.8. The van der Waals surface area contributed by atoms with Gasteiger partial charge in [-0.05, 0) is 35.7 Å². The molecule has 2 aliphatic heterocycles. The van der Waals surface area contributed by atoms with Crippen LogP contribution >= 0.6 is 0 Å². The highest BCUT2D eigenvalue weighted by Crippen LogP contribution is 2.46. The quantitative estimate of drug-likeness (QED) is 0.603. The lowest BCUT2D eigenvalue weighted by Gasteiger charge is -2.51. The molecule has 0 aromatic heterocycles. The molecular weight excluding hydrogens is 364 g/mol. The van der Waals surface area contributed by atoms with Gasteiger partial charge in [0.2, 0.25) is 0 Å².